The Kier molecular flexibility index (Phi) is 4.61. The fraction of sp³-hybridized carbons (Fsp3) is 0.125. The summed E-state index contributed by atoms with van der Waals surface area (Å²) in [6.45, 7) is 0. The minimum atomic E-state index is -4.46. The van der Waals surface area contributed by atoms with Crippen LogP contribution in [0.4, 0.5) is 11.4 Å². The smallest absolute Gasteiger partial charge is 0.294 e. The first kappa shape index (κ1) is 18.9. The average molecular weight is 424 g/mol. The van der Waals surface area contributed by atoms with Gasteiger partial charge in [0.2, 0.25) is 0 Å². The lowest BCUT2D eigenvalue weighted by atomic mass is 9.98. The van der Waals surface area contributed by atoms with Crippen molar-refractivity contribution >= 4 is 45.1 Å². The quantitative estimate of drug-likeness (QED) is 0.241. The Morgan fingerprint density at radius 1 is 0.929 bits per heavy atom. The first-order valence-corrected chi connectivity index (χ1v) is 9.99. The van der Waals surface area contributed by atoms with Crippen molar-refractivity contribution in [1.82, 2.24) is 0 Å². The van der Waals surface area contributed by atoms with E-state index in [9.17, 15) is 18.0 Å². The minimum Gasteiger partial charge on any atom is -0.372 e. The number of hydrogen-bond acceptors (Lipinski definition) is 10. The van der Waals surface area contributed by atoms with E-state index < -0.39 is 32.9 Å². The molecule has 0 saturated heterocycles. The van der Waals surface area contributed by atoms with Gasteiger partial charge in [0, 0.05) is 27.4 Å². The van der Waals surface area contributed by atoms with Gasteiger partial charge >= 0.3 is 0 Å². The highest BCUT2D eigenvalue weighted by Gasteiger charge is 2.44. The Hall–Kier alpha value is -2.48. The van der Waals surface area contributed by atoms with Gasteiger partial charge < -0.3 is 10.6 Å². The zero-order valence-corrected chi connectivity index (χ0v) is 15.4. The zero-order valence-electron chi connectivity index (χ0n) is 13.8. The number of carbonyl (C=O) groups is 2. The third kappa shape index (κ3) is 3.15. The lowest BCUT2D eigenvalue weighted by molar-refractivity contribution is -0.432. The van der Waals surface area contributed by atoms with E-state index in [-0.39, 0.29) is 11.3 Å². The summed E-state index contributed by atoms with van der Waals surface area (Å²) in [4.78, 5) is 25.7. The molecule has 4 N–H and O–H groups in total. The zero-order chi connectivity index (χ0) is 20.1. The van der Waals surface area contributed by atoms with E-state index in [0.29, 0.717) is 33.9 Å². The number of carbonyl (C=O) groups excluding carboxylic acids is 2. The number of hydrogen-bond donors (Lipinski definition) is 4. The Bertz CT molecular complexity index is 1100. The molecule has 0 spiro atoms. The van der Waals surface area contributed by atoms with Gasteiger partial charge in [-0.15, -0.1) is 4.33 Å². The molecule has 0 amide bonds. The van der Waals surface area contributed by atoms with Crippen LogP contribution in [0.5, 0.6) is 0 Å². The molecule has 2 aliphatic rings. The second-order valence-electron chi connectivity index (χ2n) is 6.09. The van der Waals surface area contributed by atoms with Crippen molar-refractivity contribution in [3.05, 3.63) is 47.5 Å². The van der Waals surface area contributed by atoms with Gasteiger partial charge in [-0.25, -0.2) is 5.26 Å². The van der Waals surface area contributed by atoms with Gasteiger partial charge in [0.05, 0.1) is 16.9 Å². The average Bonchev–Trinajstić information content (AvgIpc) is 3.16. The monoisotopic (exact) mass is 424 g/mol. The fourth-order valence-electron chi connectivity index (χ4n) is 3.24. The first-order valence-electron chi connectivity index (χ1n) is 7.81. The summed E-state index contributed by atoms with van der Waals surface area (Å²) < 4.78 is 36.1. The standard InChI is InChI=1S/C16H12N2O8S2/c19-15-9-5-7(27-26-25-21)1-3-11(9)17-13(15)14-16(20)10-6-8(28(22,23)24)2-4-12(10)18-14/h1-6,13-14,17-18,21H,(H,22,23,24). The molecule has 2 aromatic rings. The lowest BCUT2D eigenvalue weighted by Crippen LogP contribution is -2.43. The molecule has 0 bridgehead atoms. The molecule has 2 aromatic carbocycles. The first-order chi connectivity index (χ1) is 13.3. The number of anilines is 2. The van der Waals surface area contributed by atoms with E-state index >= 15 is 0 Å². The maximum absolute atomic E-state index is 12.8. The molecular weight excluding hydrogens is 412 g/mol. The summed E-state index contributed by atoms with van der Waals surface area (Å²) in [5.41, 5.74) is 1.31. The Morgan fingerprint density at radius 3 is 2.07 bits per heavy atom. The van der Waals surface area contributed by atoms with Crippen molar-refractivity contribution in [3.63, 3.8) is 0 Å². The van der Waals surface area contributed by atoms with Crippen LogP contribution in [0.3, 0.4) is 0 Å². The van der Waals surface area contributed by atoms with Crippen LogP contribution in [-0.2, 0) is 19.5 Å². The topological polar surface area (TPSA) is 151 Å². The highest BCUT2D eigenvalue weighted by Crippen LogP contribution is 2.36. The number of fused-ring (bicyclic) bond motifs is 2. The van der Waals surface area contributed by atoms with Crippen molar-refractivity contribution in [2.45, 2.75) is 21.9 Å². The molecule has 0 aromatic heterocycles. The van der Waals surface area contributed by atoms with Gasteiger partial charge in [0.15, 0.2) is 11.6 Å². The molecular formula is C16H12N2O8S2. The molecule has 0 aliphatic carbocycles. The minimum absolute atomic E-state index is 0.0791. The molecule has 2 atom stereocenters. The summed E-state index contributed by atoms with van der Waals surface area (Å²) in [5.74, 6) is -0.804. The number of rotatable bonds is 5. The fourth-order valence-corrected chi connectivity index (χ4v) is 4.15. The van der Waals surface area contributed by atoms with E-state index in [1.807, 2.05) is 0 Å². The van der Waals surface area contributed by atoms with E-state index in [1.165, 1.54) is 18.2 Å². The molecule has 146 valence electrons. The normalized spacial score (nSPS) is 20.5. The Morgan fingerprint density at radius 2 is 1.50 bits per heavy atom. The van der Waals surface area contributed by atoms with E-state index in [2.05, 4.69) is 20.0 Å². The summed E-state index contributed by atoms with van der Waals surface area (Å²) in [6.07, 6.45) is 0. The van der Waals surface area contributed by atoms with Gasteiger partial charge in [-0.2, -0.15) is 8.42 Å². The van der Waals surface area contributed by atoms with Gasteiger partial charge in [-0.05, 0) is 36.4 Å². The van der Waals surface area contributed by atoms with Crippen molar-refractivity contribution in [1.29, 1.82) is 0 Å². The lowest BCUT2D eigenvalue weighted by Gasteiger charge is -2.17. The maximum Gasteiger partial charge on any atom is 0.294 e. The third-order valence-electron chi connectivity index (χ3n) is 4.49. The molecule has 12 heteroatoms. The molecule has 2 aliphatic heterocycles. The highest BCUT2D eigenvalue weighted by atomic mass is 32.2. The predicted octanol–water partition coefficient (Wildman–Crippen LogP) is 2.02. The molecule has 28 heavy (non-hydrogen) atoms. The van der Waals surface area contributed by atoms with Crippen LogP contribution >= 0.6 is 12.0 Å². The molecule has 10 nitrogen and oxygen atoms in total. The SMILES string of the molecule is O=C1c2cc(SOOO)ccc2NC1C1Nc2ccc(S(=O)(=O)O)cc2C1=O. The summed E-state index contributed by atoms with van der Waals surface area (Å²) in [6, 6.07) is 6.54. The number of Topliss-reactive ketones (excluding diaryl/α,β-unsaturated/α-hetero) is 2. The van der Waals surface area contributed by atoms with Crippen LogP contribution in [0.25, 0.3) is 0 Å². The van der Waals surface area contributed by atoms with Crippen LogP contribution in [0.15, 0.2) is 46.2 Å². The second-order valence-corrected chi connectivity index (χ2v) is 8.28. The van der Waals surface area contributed by atoms with E-state index in [1.54, 1.807) is 12.1 Å². The van der Waals surface area contributed by atoms with Crippen molar-refractivity contribution < 1.29 is 37.2 Å². The largest absolute Gasteiger partial charge is 0.372 e. The van der Waals surface area contributed by atoms with Crippen molar-refractivity contribution in [3.8, 4) is 0 Å². The summed E-state index contributed by atoms with van der Waals surface area (Å²) >= 11 is 0.701. The number of nitrogens with one attached hydrogen (secondary N) is 2. The van der Waals surface area contributed by atoms with Gasteiger partial charge in [-0.3, -0.25) is 14.1 Å². The van der Waals surface area contributed by atoms with Crippen LogP contribution in [0.2, 0.25) is 0 Å². The Labute approximate surface area is 162 Å². The molecule has 2 unspecified atom stereocenters. The van der Waals surface area contributed by atoms with E-state index in [0.717, 1.165) is 6.07 Å². The van der Waals surface area contributed by atoms with Gasteiger partial charge in [0.1, 0.15) is 12.1 Å². The van der Waals surface area contributed by atoms with E-state index in [4.69, 9.17) is 9.81 Å². The summed E-state index contributed by atoms with van der Waals surface area (Å²) in [7, 11) is -4.46. The van der Waals surface area contributed by atoms with Crippen molar-refractivity contribution in [2.24, 2.45) is 0 Å². The van der Waals surface area contributed by atoms with Crippen LogP contribution in [0.1, 0.15) is 20.7 Å². The molecule has 0 radical (unpaired) electrons. The molecule has 2 heterocycles. The van der Waals surface area contributed by atoms with Crippen LogP contribution in [0, 0.1) is 0 Å². The summed E-state index contributed by atoms with van der Waals surface area (Å²) in [5, 5.41) is 17.7. The molecule has 0 fully saturated rings. The predicted molar refractivity (Wildman–Crippen MR) is 96.8 cm³/mol. The molecule has 0 saturated carbocycles. The Balaban J connectivity index is 1.60. The number of ketones is 2. The maximum atomic E-state index is 12.8. The van der Waals surface area contributed by atoms with Crippen LogP contribution < -0.4 is 10.6 Å². The van der Waals surface area contributed by atoms with Gasteiger partial charge in [-0.1, -0.05) is 5.04 Å². The molecule has 4 rings (SSSR count). The van der Waals surface area contributed by atoms with Gasteiger partial charge in [0.25, 0.3) is 10.1 Å². The highest BCUT2D eigenvalue weighted by molar-refractivity contribution is 7.94. The third-order valence-corrected chi connectivity index (χ3v) is 5.92. The number of benzene rings is 2. The van der Waals surface area contributed by atoms with Crippen molar-refractivity contribution in [2.75, 3.05) is 10.6 Å². The second kappa shape index (κ2) is 6.84. The van der Waals surface area contributed by atoms with Crippen LogP contribution in [-0.4, -0.2) is 41.9 Å².